The van der Waals surface area contributed by atoms with Gasteiger partial charge in [-0.2, -0.15) is 0 Å². The minimum absolute atomic E-state index is 0.0196. The number of hydrogen-bond donors (Lipinski definition) is 2. The molecule has 2 N–H and O–H groups in total. The lowest BCUT2D eigenvalue weighted by atomic mass is 10.0. The molecule has 1 heterocycles. The van der Waals surface area contributed by atoms with Crippen molar-refractivity contribution in [2.45, 2.75) is 32.0 Å². The summed E-state index contributed by atoms with van der Waals surface area (Å²) in [5.41, 5.74) is 1.06. The molecular formula is C29H25Cl2F2N3O5. The van der Waals surface area contributed by atoms with Gasteiger partial charge in [0.1, 0.15) is 11.6 Å². The standard InChI is InChI=1S/C29H25Cl2F2N3O5/c1-16-4-2-5-17(10-16)24(15-25(37)38)34-26(39)27-35(28(40)18-6-7-22(30)23(31)13-18)8-3-9-36(27)29(41)19-11-20(32)14-21(33)12-19/h2,4-7,10-14,24,27H,3,8-9,15H2,1H3,(H,34,39)(H,37,38). The van der Waals surface area contributed by atoms with E-state index in [2.05, 4.69) is 5.32 Å². The normalized spacial score (nSPS) is 15.8. The van der Waals surface area contributed by atoms with Crippen molar-refractivity contribution in [2.75, 3.05) is 13.1 Å². The molecule has 3 amide bonds. The number of nitrogens with zero attached hydrogens (tertiary/aromatic N) is 2. The van der Waals surface area contributed by atoms with E-state index in [0.717, 1.165) is 27.5 Å². The van der Waals surface area contributed by atoms with E-state index in [1.54, 1.807) is 31.2 Å². The molecule has 4 rings (SSSR count). The first-order valence-corrected chi connectivity index (χ1v) is 13.3. The van der Waals surface area contributed by atoms with Crippen molar-refractivity contribution in [1.82, 2.24) is 15.1 Å². The predicted octanol–water partition coefficient (Wildman–Crippen LogP) is 5.23. The number of benzene rings is 3. The maximum Gasteiger partial charge on any atom is 0.305 e. The monoisotopic (exact) mass is 603 g/mol. The molecule has 2 atom stereocenters. The second-order valence-electron chi connectivity index (χ2n) is 9.58. The van der Waals surface area contributed by atoms with Crippen LogP contribution in [0.5, 0.6) is 0 Å². The number of carbonyl (C=O) groups excluding carboxylic acids is 3. The van der Waals surface area contributed by atoms with Crippen molar-refractivity contribution >= 4 is 46.9 Å². The van der Waals surface area contributed by atoms with Crippen LogP contribution in [0.1, 0.15) is 50.7 Å². The van der Waals surface area contributed by atoms with E-state index < -0.39 is 54.0 Å². The SMILES string of the molecule is Cc1cccc(C(CC(=O)O)NC(=O)C2N(C(=O)c3cc(F)cc(F)c3)CCCN2C(=O)c2ccc(Cl)c(Cl)c2)c1. The number of carbonyl (C=O) groups is 4. The molecular weight excluding hydrogens is 579 g/mol. The molecule has 12 heteroatoms. The first-order valence-electron chi connectivity index (χ1n) is 12.6. The van der Waals surface area contributed by atoms with Crippen molar-refractivity contribution in [3.63, 3.8) is 0 Å². The summed E-state index contributed by atoms with van der Waals surface area (Å²) in [4.78, 5) is 55.0. The van der Waals surface area contributed by atoms with Crippen LogP contribution in [0.25, 0.3) is 0 Å². The number of hydrogen-bond acceptors (Lipinski definition) is 4. The lowest BCUT2D eigenvalue weighted by Crippen LogP contribution is -2.63. The van der Waals surface area contributed by atoms with Crippen LogP contribution in [0.3, 0.4) is 0 Å². The molecule has 3 aromatic carbocycles. The Morgan fingerprint density at radius 1 is 0.902 bits per heavy atom. The molecule has 1 saturated heterocycles. The van der Waals surface area contributed by atoms with Crippen LogP contribution in [0.15, 0.2) is 60.7 Å². The quantitative estimate of drug-likeness (QED) is 0.385. The third-order valence-electron chi connectivity index (χ3n) is 6.56. The molecule has 0 bridgehead atoms. The molecule has 41 heavy (non-hydrogen) atoms. The number of carboxylic acids is 1. The second-order valence-corrected chi connectivity index (χ2v) is 10.4. The van der Waals surface area contributed by atoms with Gasteiger partial charge in [0.25, 0.3) is 17.7 Å². The Bertz CT molecular complexity index is 1500. The highest BCUT2D eigenvalue weighted by Gasteiger charge is 2.42. The molecule has 3 aromatic rings. The zero-order chi connectivity index (χ0) is 29.8. The summed E-state index contributed by atoms with van der Waals surface area (Å²) in [6, 6.07) is 12.3. The van der Waals surface area contributed by atoms with Gasteiger partial charge in [-0.15, -0.1) is 0 Å². The Morgan fingerprint density at radius 2 is 1.54 bits per heavy atom. The van der Waals surface area contributed by atoms with Crippen LogP contribution >= 0.6 is 23.2 Å². The van der Waals surface area contributed by atoms with Crippen molar-refractivity contribution in [2.24, 2.45) is 0 Å². The van der Waals surface area contributed by atoms with Crippen molar-refractivity contribution in [3.05, 3.63) is 105 Å². The Balaban J connectivity index is 1.75. The smallest absolute Gasteiger partial charge is 0.305 e. The van der Waals surface area contributed by atoms with E-state index in [4.69, 9.17) is 23.2 Å². The van der Waals surface area contributed by atoms with Gasteiger partial charge < -0.3 is 20.2 Å². The molecule has 2 unspecified atom stereocenters. The van der Waals surface area contributed by atoms with Gasteiger partial charge in [0, 0.05) is 30.3 Å². The molecule has 1 fully saturated rings. The van der Waals surface area contributed by atoms with Crippen LogP contribution in [0.2, 0.25) is 10.0 Å². The lowest BCUT2D eigenvalue weighted by molar-refractivity contribution is -0.138. The second kappa shape index (κ2) is 12.7. The third kappa shape index (κ3) is 7.01. The molecule has 0 saturated carbocycles. The minimum Gasteiger partial charge on any atom is -0.481 e. The highest BCUT2D eigenvalue weighted by molar-refractivity contribution is 6.42. The van der Waals surface area contributed by atoms with Gasteiger partial charge in [0.2, 0.25) is 0 Å². The zero-order valence-corrected chi connectivity index (χ0v) is 23.3. The molecule has 0 radical (unpaired) electrons. The number of aryl methyl sites for hydroxylation is 1. The Labute approximate surface area is 244 Å². The van der Waals surface area contributed by atoms with Crippen LogP contribution < -0.4 is 5.32 Å². The maximum atomic E-state index is 14.0. The Hall–Kier alpha value is -4.02. The summed E-state index contributed by atoms with van der Waals surface area (Å²) >= 11 is 12.1. The first-order chi connectivity index (χ1) is 19.4. The summed E-state index contributed by atoms with van der Waals surface area (Å²) in [5.74, 6) is -5.56. The highest BCUT2D eigenvalue weighted by atomic mass is 35.5. The largest absolute Gasteiger partial charge is 0.481 e. The molecule has 1 aliphatic heterocycles. The van der Waals surface area contributed by atoms with Gasteiger partial charge in [0.05, 0.1) is 22.5 Å². The molecule has 8 nitrogen and oxygen atoms in total. The van der Waals surface area contributed by atoms with Gasteiger partial charge in [-0.1, -0.05) is 53.0 Å². The molecule has 0 spiro atoms. The van der Waals surface area contributed by atoms with Crippen LogP contribution in [0.4, 0.5) is 8.78 Å². The maximum absolute atomic E-state index is 14.0. The average molecular weight is 604 g/mol. The van der Waals surface area contributed by atoms with Crippen LogP contribution in [0, 0.1) is 18.6 Å². The fraction of sp³-hybridized carbons (Fsp3) is 0.241. The topological polar surface area (TPSA) is 107 Å². The minimum atomic E-state index is -1.58. The van der Waals surface area contributed by atoms with E-state index in [0.29, 0.717) is 11.6 Å². The van der Waals surface area contributed by atoms with E-state index in [1.807, 2.05) is 0 Å². The van der Waals surface area contributed by atoms with Gasteiger partial charge >= 0.3 is 5.97 Å². The van der Waals surface area contributed by atoms with Gasteiger partial charge in [-0.3, -0.25) is 19.2 Å². The third-order valence-corrected chi connectivity index (χ3v) is 7.30. The zero-order valence-electron chi connectivity index (χ0n) is 21.7. The lowest BCUT2D eigenvalue weighted by Gasteiger charge is -2.43. The van der Waals surface area contributed by atoms with Crippen LogP contribution in [-0.4, -0.2) is 57.9 Å². The van der Waals surface area contributed by atoms with Gasteiger partial charge in [0.15, 0.2) is 6.17 Å². The van der Waals surface area contributed by atoms with Gasteiger partial charge in [-0.05, 0) is 49.2 Å². The summed E-state index contributed by atoms with van der Waals surface area (Å²) in [6.07, 6.45) is -1.81. The number of amides is 3. The van der Waals surface area contributed by atoms with Crippen LogP contribution in [-0.2, 0) is 9.59 Å². The number of halogens is 4. The summed E-state index contributed by atoms with van der Waals surface area (Å²) in [7, 11) is 0. The van der Waals surface area contributed by atoms with Crippen molar-refractivity contribution in [1.29, 1.82) is 0 Å². The van der Waals surface area contributed by atoms with E-state index in [1.165, 1.54) is 18.2 Å². The fourth-order valence-corrected chi connectivity index (χ4v) is 5.03. The summed E-state index contributed by atoms with van der Waals surface area (Å²) in [6.45, 7) is 1.83. The Kier molecular flexibility index (Phi) is 9.25. The molecule has 214 valence electrons. The van der Waals surface area contributed by atoms with E-state index >= 15 is 0 Å². The first kappa shape index (κ1) is 30.0. The van der Waals surface area contributed by atoms with E-state index in [9.17, 15) is 33.1 Å². The summed E-state index contributed by atoms with van der Waals surface area (Å²) in [5, 5.41) is 12.5. The summed E-state index contributed by atoms with van der Waals surface area (Å²) < 4.78 is 28.0. The predicted molar refractivity (Wildman–Crippen MR) is 148 cm³/mol. The van der Waals surface area contributed by atoms with Crippen molar-refractivity contribution < 1.29 is 33.1 Å². The molecule has 0 aromatic heterocycles. The Morgan fingerprint density at radius 3 is 2.12 bits per heavy atom. The molecule has 1 aliphatic rings. The number of rotatable bonds is 7. The van der Waals surface area contributed by atoms with Crippen molar-refractivity contribution in [3.8, 4) is 0 Å². The average Bonchev–Trinajstić information content (AvgIpc) is 2.92. The molecule has 0 aliphatic carbocycles. The number of carboxylic acid groups (broad SMARTS) is 1. The highest BCUT2D eigenvalue weighted by Crippen LogP contribution is 2.27. The van der Waals surface area contributed by atoms with Gasteiger partial charge in [-0.25, -0.2) is 8.78 Å². The van der Waals surface area contributed by atoms with E-state index in [-0.39, 0.29) is 40.7 Å². The number of aliphatic carboxylic acids is 1. The number of nitrogens with one attached hydrogen (secondary N) is 1. The fourth-order valence-electron chi connectivity index (χ4n) is 4.73.